The van der Waals surface area contributed by atoms with Gasteiger partial charge in [0.15, 0.2) is 0 Å². The largest absolute Gasteiger partial charge is 0.333 e. The van der Waals surface area contributed by atoms with Crippen molar-refractivity contribution in [3.8, 4) is 39.1 Å². The summed E-state index contributed by atoms with van der Waals surface area (Å²) in [6.45, 7) is 0. The number of hydrogen-bond acceptors (Lipinski definition) is 3. The molecule has 0 saturated carbocycles. The number of nitrogens with zero attached hydrogens (tertiary/aromatic N) is 4. The first-order valence-corrected chi connectivity index (χ1v) is 36.7. The number of benzene rings is 17. The molecule has 2 unspecified atom stereocenters. The van der Waals surface area contributed by atoms with Crippen LogP contribution >= 0.6 is 0 Å². The molecule has 4 nitrogen and oxygen atoms in total. The fourth-order valence-corrected chi connectivity index (χ4v) is 16.4. The van der Waals surface area contributed by atoms with Gasteiger partial charge >= 0.3 is 0 Å². The summed E-state index contributed by atoms with van der Waals surface area (Å²) in [5.74, 6) is 0.145. The van der Waals surface area contributed by atoms with E-state index in [0.717, 1.165) is 67.7 Å². The Morgan fingerprint density at radius 1 is 0.264 bits per heavy atom. The SMILES string of the molecule is C1=CC2C(C=C1c1ccc3ccccc3c1)c1cc(-c3ccc4ccccc4c3)ccc1N2c1ccc(N(c2ccccc2)c2ccc(/C=C/c3ccc(N(c4ccccc4)c4ccc(-n5c6ccc(-c7ccc8ccccc8c7)cc6c6cc(-c7ccc8ccccc8c7)ccc65)cc4)cc3)cc2)cc1. The number of hydrogen-bond donors (Lipinski definition) is 0. The minimum absolute atomic E-state index is 0.102. The Morgan fingerprint density at radius 2 is 0.604 bits per heavy atom. The number of fused-ring (bicyclic) bond motifs is 10. The van der Waals surface area contributed by atoms with Crippen LogP contribution in [0.1, 0.15) is 28.2 Å². The lowest BCUT2D eigenvalue weighted by Gasteiger charge is -2.31. The molecule has 1 aliphatic heterocycles. The minimum Gasteiger partial charge on any atom is -0.333 e. The summed E-state index contributed by atoms with van der Waals surface area (Å²) in [5, 5.41) is 12.4. The van der Waals surface area contributed by atoms with Gasteiger partial charge in [-0.2, -0.15) is 0 Å². The molecule has 18 aromatic rings. The molecule has 1 aliphatic carbocycles. The van der Waals surface area contributed by atoms with E-state index in [2.05, 4.69) is 432 Å². The second-order valence-electron chi connectivity index (χ2n) is 28.1. The average molecular weight is 1350 g/mol. The molecule has 0 radical (unpaired) electrons. The van der Waals surface area contributed by atoms with E-state index < -0.39 is 0 Å². The summed E-state index contributed by atoms with van der Waals surface area (Å²) in [7, 11) is 0. The van der Waals surface area contributed by atoms with E-state index in [4.69, 9.17) is 0 Å². The molecule has 0 fully saturated rings. The van der Waals surface area contributed by atoms with Crippen molar-refractivity contribution in [2.45, 2.75) is 12.0 Å². The van der Waals surface area contributed by atoms with Gasteiger partial charge in [0.2, 0.25) is 0 Å². The van der Waals surface area contributed by atoms with Crippen LogP contribution in [-0.4, -0.2) is 10.6 Å². The Kier molecular flexibility index (Phi) is 15.3. The summed E-state index contributed by atoms with van der Waals surface area (Å²) in [6.07, 6.45) is 11.7. The van der Waals surface area contributed by atoms with Gasteiger partial charge in [0.05, 0.1) is 17.1 Å². The standard InChI is InChI=1S/C102H70N4/c1-3-23-87(24-4-1)103(91-49-53-93(54-50-91)105-99-57-41-83(79-37-33-71-15-7-11-19-75(71)61-79)65-95(99)96-66-84(42-58-100(96)105)80-38-34-72-16-8-12-20-76(72)62-80)89-45-29-69(30-46-89)27-28-70-31-47-90(48-32-70)104(88-25-5-2-6-26-88)92-51-55-94(56-52-92)106-101-59-43-85(81-39-35-73-17-9-13-21-77(73)63-81)67-97(101)98-68-86(44-60-102(98)106)82-40-36-74-18-10-14-22-78(74)64-82/h1-68,95,99H/b28-27+. The van der Waals surface area contributed by atoms with Gasteiger partial charge in [-0.15, -0.1) is 0 Å². The number of aromatic nitrogens is 1. The zero-order valence-corrected chi connectivity index (χ0v) is 58.2. The van der Waals surface area contributed by atoms with Gasteiger partial charge in [-0.1, -0.05) is 255 Å². The van der Waals surface area contributed by atoms with Crippen LogP contribution in [0.15, 0.2) is 400 Å². The molecule has 0 spiro atoms. The van der Waals surface area contributed by atoms with Crippen LogP contribution in [0, 0.1) is 0 Å². The molecular formula is C102H70N4. The topological polar surface area (TPSA) is 14.7 Å². The lowest BCUT2D eigenvalue weighted by Crippen LogP contribution is -2.29. The van der Waals surface area contributed by atoms with E-state index in [1.807, 2.05) is 0 Å². The Hall–Kier alpha value is -13.8. The van der Waals surface area contributed by atoms with Crippen LogP contribution in [-0.2, 0) is 0 Å². The number of anilines is 8. The van der Waals surface area contributed by atoms with Crippen molar-refractivity contribution in [2.75, 3.05) is 14.7 Å². The van der Waals surface area contributed by atoms with Gasteiger partial charge < -0.3 is 19.3 Å². The molecule has 0 amide bonds. The van der Waals surface area contributed by atoms with Gasteiger partial charge in [-0.05, 0) is 262 Å². The Morgan fingerprint density at radius 3 is 1.05 bits per heavy atom. The van der Waals surface area contributed by atoms with Crippen LogP contribution in [0.5, 0.6) is 0 Å². The third-order valence-electron chi connectivity index (χ3n) is 21.8. The van der Waals surface area contributed by atoms with Gasteiger partial charge in [-0.3, -0.25) is 0 Å². The van der Waals surface area contributed by atoms with E-state index in [1.165, 1.54) is 110 Å². The molecule has 0 N–H and O–H groups in total. The third kappa shape index (κ3) is 11.4. The second kappa shape index (κ2) is 26.2. The van der Waals surface area contributed by atoms with Crippen molar-refractivity contribution < 1.29 is 0 Å². The van der Waals surface area contributed by atoms with Crippen molar-refractivity contribution in [1.29, 1.82) is 0 Å². The molecule has 17 aromatic carbocycles. The zero-order valence-electron chi connectivity index (χ0n) is 58.2. The summed E-state index contributed by atoms with van der Waals surface area (Å²) < 4.78 is 2.43. The zero-order chi connectivity index (χ0) is 70.0. The first-order valence-electron chi connectivity index (χ1n) is 36.7. The van der Waals surface area contributed by atoms with Crippen LogP contribution in [0.25, 0.3) is 122 Å². The molecule has 106 heavy (non-hydrogen) atoms. The lowest BCUT2D eigenvalue weighted by atomic mass is 9.85. The molecule has 4 heteroatoms. The molecule has 2 aliphatic rings. The van der Waals surface area contributed by atoms with E-state index in [0.29, 0.717) is 0 Å². The fourth-order valence-electron chi connectivity index (χ4n) is 16.4. The fraction of sp³-hybridized carbons (Fsp3) is 0.0196. The van der Waals surface area contributed by atoms with Gasteiger partial charge in [-0.25, -0.2) is 0 Å². The molecule has 0 saturated heterocycles. The summed E-state index contributed by atoms with van der Waals surface area (Å²) in [5.41, 5.74) is 25.6. The molecule has 2 heterocycles. The Bertz CT molecular complexity index is 6370. The van der Waals surface area contributed by atoms with Crippen molar-refractivity contribution in [1.82, 2.24) is 4.57 Å². The quantitative estimate of drug-likeness (QED) is 0.101. The molecule has 20 rings (SSSR count). The maximum absolute atomic E-state index is 2.55. The molecule has 0 bridgehead atoms. The predicted octanol–water partition coefficient (Wildman–Crippen LogP) is 27.8. The highest BCUT2D eigenvalue weighted by Crippen LogP contribution is 2.52. The summed E-state index contributed by atoms with van der Waals surface area (Å²) >= 11 is 0. The summed E-state index contributed by atoms with van der Waals surface area (Å²) in [4.78, 5) is 7.25. The molecular weight excluding hydrogens is 1280 g/mol. The molecule has 498 valence electrons. The maximum atomic E-state index is 2.55. The van der Waals surface area contributed by atoms with E-state index >= 15 is 0 Å². The Labute approximate surface area is 617 Å². The monoisotopic (exact) mass is 1350 g/mol. The summed E-state index contributed by atoms with van der Waals surface area (Å²) in [6, 6.07) is 140. The average Bonchev–Trinajstić information content (AvgIpc) is 1.59. The van der Waals surface area contributed by atoms with Gasteiger partial charge in [0.25, 0.3) is 0 Å². The van der Waals surface area contributed by atoms with Crippen LogP contribution in [0.3, 0.4) is 0 Å². The highest BCUT2D eigenvalue weighted by atomic mass is 15.2. The predicted molar refractivity (Wildman–Crippen MR) is 451 cm³/mol. The molecule has 1 aromatic heterocycles. The first-order chi connectivity index (χ1) is 52.5. The number of para-hydroxylation sites is 2. The van der Waals surface area contributed by atoms with E-state index in [9.17, 15) is 0 Å². The lowest BCUT2D eigenvalue weighted by molar-refractivity contribution is 0.747. The highest BCUT2D eigenvalue weighted by molar-refractivity contribution is 6.12. The second-order valence-corrected chi connectivity index (χ2v) is 28.1. The number of allylic oxidation sites excluding steroid dienone is 2. The Balaban J connectivity index is 0.576. The van der Waals surface area contributed by atoms with Crippen molar-refractivity contribution in [2.24, 2.45) is 0 Å². The van der Waals surface area contributed by atoms with Gasteiger partial charge in [0.1, 0.15) is 0 Å². The minimum atomic E-state index is 0.102. The van der Waals surface area contributed by atoms with Crippen LogP contribution in [0.4, 0.5) is 45.5 Å². The van der Waals surface area contributed by atoms with Crippen LogP contribution < -0.4 is 14.7 Å². The van der Waals surface area contributed by atoms with Crippen LogP contribution in [0.2, 0.25) is 0 Å². The van der Waals surface area contributed by atoms with Crippen molar-refractivity contribution in [3.05, 3.63) is 423 Å². The maximum Gasteiger partial charge on any atom is 0.0630 e. The molecule has 2 atom stereocenters. The van der Waals surface area contributed by atoms with Crippen molar-refractivity contribution in [3.63, 3.8) is 0 Å². The highest BCUT2D eigenvalue weighted by Gasteiger charge is 2.39. The first kappa shape index (κ1) is 62.0. The number of rotatable bonds is 14. The van der Waals surface area contributed by atoms with E-state index in [-0.39, 0.29) is 12.0 Å². The smallest absolute Gasteiger partial charge is 0.0630 e. The van der Waals surface area contributed by atoms with E-state index in [1.54, 1.807) is 0 Å². The van der Waals surface area contributed by atoms with Crippen molar-refractivity contribution >= 4 is 128 Å². The van der Waals surface area contributed by atoms with Gasteiger partial charge in [0, 0.05) is 67.9 Å². The normalized spacial score (nSPS) is 14.0. The third-order valence-corrected chi connectivity index (χ3v) is 21.8.